The lowest BCUT2D eigenvalue weighted by Crippen LogP contribution is -2.14. The van der Waals surface area contributed by atoms with Crippen LogP contribution in [0.4, 0.5) is 11.4 Å². The van der Waals surface area contributed by atoms with Gasteiger partial charge in [0.05, 0.1) is 21.0 Å². The first-order valence-corrected chi connectivity index (χ1v) is 11.1. The highest BCUT2D eigenvalue weighted by atomic mass is 16.6. The predicted molar refractivity (Wildman–Crippen MR) is 131 cm³/mol. The summed E-state index contributed by atoms with van der Waals surface area (Å²) in [5, 5.41) is 22.2. The first-order chi connectivity index (χ1) is 17.0. The van der Waals surface area contributed by atoms with Gasteiger partial charge in [0.15, 0.2) is 0 Å². The molecule has 0 aliphatic rings. The second kappa shape index (κ2) is 10.8. The van der Waals surface area contributed by atoms with E-state index in [1.54, 1.807) is 0 Å². The molecule has 10 heteroatoms. The number of benzene rings is 3. The zero-order chi connectivity index (χ0) is 26.6. The van der Waals surface area contributed by atoms with Gasteiger partial charge in [0.2, 0.25) is 0 Å². The van der Waals surface area contributed by atoms with E-state index in [1.165, 1.54) is 60.7 Å². The summed E-state index contributed by atoms with van der Waals surface area (Å²) in [6, 6.07) is 13.7. The maximum atomic E-state index is 12.8. The van der Waals surface area contributed by atoms with Crippen LogP contribution in [0.25, 0.3) is 0 Å². The largest absolute Gasteiger partial charge is 0.423 e. The van der Waals surface area contributed by atoms with Crippen molar-refractivity contribution in [3.05, 3.63) is 103 Å². The highest BCUT2D eigenvalue weighted by Crippen LogP contribution is 2.32. The summed E-state index contributed by atoms with van der Waals surface area (Å²) < 4.78 is 11.0. The molecule has 10 nitrogen and oxygen atoms in total. The van der Waals surface area contributed by atoms with Crippen LogP contribution in [0.1, 0.15) is 71.4 Å². The van der Waals surface area contributed by atoms with Crippen molar-refractivity contribution in [3.8, 4) is 11.5 Å². The van der Waals surface area contributed by atoms with Gasteiger partial charge in [0, 0.05) is 35.4 Å². The molecule has 0 bridgehead atoms. The van der Waals surface area contributed by atoms with Crippen molar-refractivity contribution in [2.75, 3.05) is 0 Å². The Morgan fingerprint density at radius 3 is 1.39 bits per heavy atom. The lowest BCUT2D eigenvalue weighted by atomic mass is 10.0. The number of non-ortho nitro benzene ring substituents is 2. The molecule has 0 atom stereocenters. The fraction of sp³-hybridized carbons (Fsp3) is 0.231. The van der Waals surface area contributed by atoms with Crippen molar-refractivity contribution in [2.45, 2.75) is 39.5 Å². The van der Waals surface area contributed by atoms with E-state index in [2.05, 4.69) is 0 Å². The van der Waals surface area contributed by atoms with E-state index >= 15 is 0 Å². The van der Waals surface area contributed by atoms with Crippen LogP contribution in [0.2, 0.25) is 0 Å². The fourth-order valence-corrected chi connectivity index (χ4v) is 3.48. The Hall–Kier alpha value is -4.60. The van der Waals surface area contributed by atoms with E-state index < -0.39 is 21.8 Å². The number of carbonyl (C=O) groups excluding carboxylic acids is 2. The molecule has 0 saturated heterocycles. The van der Waals surface area contributed by atoms with Crippen LogP contribution in [0, 0.1) is 20.2 Å². The zero-order valence-corrected chi connectivity index (χ0v) is 20.1. The molecular weight excluding hydrogens is 468 g/mol. The maximum Gasteiger partial charge on any atom is 0.343 e. The highest BCUT2D eigenvalue weighted by Gasteiger charge is 2.21. The Kier molecular flexibility index (Phi) is 7.78. The third-order valence-corrected chi connectivity index (χ3v) is 5.39. The van der Waals surface area contributed by atoms with Crippen molar-refractivity contribution >= 4 is 23.3 Å². The third kappa shape index (κ3) is 5.90. The second-order valence-corrected chi connectivity index (χ2v) is 8.63. The van der Waals surface area contributed by atoms with E-state index in [4.69, 9.17) is 9.47 Å². The molecule has 0 fully saturated rings. The summed E-state index contributed by atoms with van der Waals surface area (Å²) in [5.74, 6) is -1.43. The van der Waals surface area contributed by atoms with Gasteiger partial charge in [0.25, 0.3) is 11.4 Å². The first kappa shape index (κ1) is 26.0. The Morgan fingerprint density at radius 2 is 1.06 bits per heavy atom. The summed E-state index contributed by atoms with van der Waals surface area (Å²) in [4.78, 5) is 46.8. The molecule has 0 aliphatic carbocycles. The molecule has 0 aliphatic heterocycles. The lowest BCUT2D eigenvalue weighted by Gasteiger charge is -2.14. The topological polar surface area (TPSA) is 139 Å². The molecule has 3 rings (SSSR count). The van der Waals surface area contributed by atoms with Gasteiger partial charge in [-0.25, -0.2) is 9.59 Å². The van der Waals surface area contributed by atoms with Crippen molar-refractivity contribution in [3.63, 3.8) is 0 Å². The number of carbonyl (C=O) groups is 2. The Labute approximate surface area is 206 Å². The number of ether oxygens (including phenoxy) is 2. The van der Waals surface area contributed by atoms with Gasteiger partial charge < -0.3 is 9.47 Å². The molecule has 0 N–H and O–H groups in total. The number of hydrogen-bond donors (Lipinski definition) is 0. The van der Waals surface area contributed by atoms with Crippen LogP contribution in [-0.2, 0) is 0 Å². The standard InChI is InChI=1S/C26H24N2O8/c1-15(2)21-13-19(27(31)32)8-10-23(21)35-25(29)17-6-5-7-18(12-17)26(30)36-24-11-9-20(28(33)34)14-22(24)16(3)4/h5-16H,1-4H3. The van der Waals surface area contributed by atoms with Gasteiger partial charge in [-0.2, -0.15) is 0 Å². The minimum Gasteiger partial charge on any atom is -0.423 e. The molecular formula is C26H24N2O8. The smallest absolute Gasteiger partial charge is 0.343 e. The molecule has 0 radical (unpaired) electrons. The van der Waals surface area contributed by atoms with Crippen LogP contribution in [-0.4, -0.2) is 21.8 Å². The van der Waals surface area contributed by atoms with Crippen LogP contribution >= 0.6 is 0 Å². The van der Waals surface area contributed by atoms with Gasteiger partial charge >= 0.3 is 11.9 Å². The zero-order valence-electron chi connectivity index (χ0n) is 20.1. The lowest BCUT2D eigenvalue weighted by molar-refractivity contribution is -0.385. The molecule has 3 aromatic rings. The first-order valence-electron chi connectivity index (χ1n) is 11.1. The third-order valence-electron chi connectivity index (χ3n) is 5.39. The fourth-order valence-electron chi connectivity index (χ4n) is 3.48. The molecule has 186 valence electrons. The van der Waals surface area contributed by atoms with Crippen molar-refractivity contribution in [1.82, 2.24) is 0 Å². The van der Waals surface area contributed by atoms with E-state index in [0.717, 1.165) is 0 Å². The highest BCUT2D eigenvalue weighted by molar-refractivity contribution is 5.97. The van der Waals surface area contributed by atoms with E-state index in [9.17, 15) is 29.8 Å². The molecule has 0 spiro atoms. The van der Waals surface area contributed by atoms with E-state index in [1.807, 2.05) is 27.7 Å². The Balaban J connectivity index is 1.84. The Bertz CT molecular complexity index is 1250. The average molecular weight is 492 g/mol. The molecule has 0 unspecified atom stereocenters. The van der Waals surface area contributed by atoms with Gasteiger partial charge in [0.1, 0.15) is 11.5 Å². The van der Waals surface area contributed by atoms with E-state index in [-0.39, 0.29) is 45.8 Å². The van der Waals surface area contributed by atoms with Gasteiger partial charge in [-0.1, -0.05) is 33.8 Å². The number of nitrogens with zero attached hydrogens (tertiary/aromatic N) is 2. The Morgan fingerprint density at radius 1 is 0.667 bits per heavy atom. The monoisotopic (exact) mass is 492 g/mol. The van der Waals surface area contributed by atoms with Gasteiger partial charge in [-0.15, -0.1) is 0 Å². The summed E-state index contributed by atoms with van der Waals surface area (Å²) in [6.45, 7) is 7.26. The van der Waals surface area contributed by atoms with Gasteiger partial charge in [-0.05, 0) is 42.2 Å². The van der Waals surface area contributed by atoms with Crippen LogP contribution in [0.15, 0.2) is 60.7 Å². The molecule has 0 heterocycles. The normalized spacial score (nSPS) is 10.8. The second-order valence-electron chi connectivity index (χ2n) is 8.63. The summed E-state index contributed by atoms with van der Waals surface area (Å²) in [6.07, 6.45) is 0. The minimum atomic E-state index is -0.751. The summed E-state index contributed by atoms with van der Waals surface area (Å²) in [7, 11) is 0. The molecule has 0 saturated carbocycles. The number of nitro benzene ring substituents is 2. The molecule has 36 heavy (non-hydrogen) atoms. The van der Waals surface area contributed by atoms with Crippen LogP contribution in [0.5, 0.6) is 11.5 Å². The SMILES string of the molecule is CC(C)c1cc([N+](=O)[O-])ccc1OC(=O)c1cccc(C(=O)Oc2ccc([N+](=O)[O-])cc2C(C)C)c1. The maximum absolute atomic E-state index is 12.8. The van der Waals surface area contributed by atoms with Gasteiger partial charge in [-0.3, -0.25) is 20.2 Å². The summed E-state index contributed by atoms with van der Waals surface area (Å²) in [5.41, 5.74) is 0.904. The molecule has 0 amide bonds. The predicted octanol–water partition coefficient (Wildman–Crippen LogP) is 6.19. The molecule has 0 aromatic heterocycles. The van der Waals surface area contributed by atoms with Crippen LogP contribution in [0.3, 0.4) is 0 Å². The summed E-state index contributed by atoms with van der Waals surface area (Å²) >= 11 is 0. The minimum absolute atomic E-state index is 0.0743. The number of nitro groups is 2. The number of esters is 2. The van der Waals surface area contributed by atoms with E-state index in [0.29, 0.717) is 11.1 Å². The number of hydrogen-bond acceptors (Lipinski definition) is 8. The average Bonchev–Trinajstić information content (AvgIpc) is 2.83. The van der Waals surface area contributed by atoms with Crippen LogP contribution < -0.4 is 9.47 Å². The van der Waals surface area contributed by atoms with Crippen molar-refractivity contribution < 1.29 is 28.9 Å². The van der Waals surface area contributed by atoms with Crippen molar-refractivity contribution in [2.24, 2.45) is 0 Å². The van der Waals surface area contributed by atoms with Crippen molar-refractivity contribution in [1.29, 1.82) is 0 Å². The quantitative estimate of drug-likeness (QED) is 0.157. The molecule has 3 aromatic carbocycles. The number of rotatable bonds is 8.